The van der Waals surface area contributed by atoms with E-state index in [1.54, 1.807) is 31.2 Å². The molecule has 0 radical (unpaired) electrons. The number of nitrogens with zero attached hydrogens (tertiary/aromatic N) is 2. The molecule has 0 amide bonds. The van der Waals surface area contributed by atoms with Crippen molar-refractivity contribution in [2.24, 2.45) is 0 Å². The number of carbonyl (C=O) groups excluding carboxylic acids is 1. The summed E-state index contributed by atoms with van der Waals surface area (Å²) in [5.74, 6) is -0.795. The van der Waals surface area contributed by atoms with Gasteiger partial charge in [0.05, 0.1) is 6.61 Å². The van der Waals surface area contributed by atoms with E-state index in [1.807, 2.05) is 6.07 Å². The summed E-state index contributed by atoms with van der Waals surface area (Å²) in [6, 6.07) is 8.93. The second kappa shape index (κ2) is 9.52. The van der Waals surface area contributed by atoms with Crippen molar-refractivity contribution in [3.8, 4) is 6.07 Å². The van der Waals surface area contributed by atoms with Crippen LogP contribution in [0.1, 0.15) is 12.5 Å². The molecule has 0 spiro atoms. The van der Waals surface area contributed by atoms with E-state index in [2.05, 4.69) is 11.9 Å². The Morgan fingerprint density at radius 3 is 2.93 bits per heavy atom. The van der Waals surface area contributed by atoms with E-state index >= 15 is 0 Å². The Morgan fingerprint density at radius 1 is 1.52 bits per heavy atom. The zero-order valence-corrected chi connectivity index (χ0v) is 15.6. The van der Waals surface area contributed by atoms with Gasteiger partial charge in [0.25, 0.3) is 5.56 Å². The summed E-state index contributed by atoms with van der Waals surface area (Å²) in [5.41, 5.74) is 0.903. The first-order valence-electron chi connectivity index (χ1n) is 8.14. The summed E-state index contributed by atoms with van der Waals surface area (Å²) in [4.78, 5) is 24.7. The Kier molecular flexibility index (Phi) is 7.11. The molecular weight excluding hydrogens is 366 g/mol. The van der Waals surface area contributed by atoms with E-state index in [4.69, 9.17) is 4.74 Å². The van der Waals surface area contributed by atoms with Gasteiger partial charge in [-0.2, -0.15) is 5.26 Å². The SMILES string of the molecule is C=CCOC(=O)/C(C#N)=c1\s/c(=C/Nc2cccc(CO)c2)c(=O)n1CC. The first-order chi connectivity index (χ1) is 13.0. The Balaban J connectivity index is 2.52. The van der Waals surface area contributed by atoms with E-state index in [0.717, 1.165) is 16.9 Å². The van der Waals surface area contributed by atoms with Crippen LogP contribution in [-0.4, -0.2) is 22.2 Å². The molecular formula is C19H19N3O4S. The zero-order chi connectivity index (χ0) is 19.8. The smallest absolute Gasteiger partial charge is 0.352 e. The average molecular weight is 385 g/mol. The molecule has 0 unspecified atom stereocenters. The number of rotatable bonds is 7. The highest BCUT2D eigenvalue weighted by atomic mass is 32.1. The molecule has 2 N–H and O–H groups in total. The third-order valence-electron chi connectivity index (χ3n) is 3.57. The molecule has 140 valence electrons. The molecule has 7 nitrogen and oxygen atoms in total. The first-order valence-corrected chi connectivity index (χ1v) is 8.95. The van der Waals surface area contributed by atoms with E-state index in [-0.39, 0.29) is 29.0 Å². The molecule has 1 heterocycles. The van der Waals surface area contributed by atoms with Crippen LogP contribution in [0.2, 0.25) is 0 Å². The number of nitrogens with one attached hydrogen (secondary N) is 1. The number of hydrogen-bond donors (Lipinski definition) is 2. The predicted octanol–water partition coefficient (Wildman–Crippen LogP) is 0.676. The first kappa shape index (κ1) is 20.2. The van der Waals surface area contributed by atoms with Gasteiger partial charge < -0.3 is 15.2 Å². The van der Waals surface area contributed by atoms with Crippen LogP contribution in [0.15, 0.2) is 41.7 Å². The van der Waals surface area contributed by atoms with Gasteiger partial charge in [0.2, 0.25) is 0 Å². The van der Waals surface area contributed by atoms with Gasteiger partial charge in [0.1, 0.15) is 21.9 Å². The van der Waals surface area contributed by atoms with Crippen molar-refractivity contribution in [2.45, 2.75) is 20.1 Å². The average Bonchev–Trinajstić information content (AvgIpc) is 3.00. The quantitative estimate of drug-likeness (QED) is 0.536. The number of nitriles is 1. The van der Waals surface area contributed by atoms with Crippen LogP contribution >= 0.6 is 11.3 Å². The summed E-state index contributed by atoms with van der Waals surface area (Å²) >= 11 is 1.03. The van der Waals surface area contributed by atoms with Gasteiger partial charge in [0, 0.05) is 18.4 Å². The lowest BCUT2D eigenvalue weighted by Gasteiger charge is -2.01. The lowest BCUT2D eigenvalue weighted by molar-refractivity contribution is -0.135. The monoisotopic (exact) mass is 385 g/mol. The number of anilines is 1. The minimum absolute atomic E-state index is 0.0204. The second-order valence-corrected chi connectivity index (χ2v) is 6.37. The Hall–Kier alpha value is -3.15. The van der Waals surface area contributed by atoms with Crippen LogP contribution in [0.5, 0.6) is 0 Å². The summed E-state index contributed by atoms with van der Waals surface area (Å²) in [6.07, 6.45) is 2.92. The summed E-state index contributed by atoms with van der Waals surface area (Å²) in [5, 5.41) is 21.6. The number of benzene rings is 1. The number of hydrogen-bond acceptors (Lipinski definition) is 7. The minimum atomic E-state index is -0.795. The molecule has 0 saturated heterocycles. The van der Waals surface area contributed by atoms with Crippen molar-refractivity contribution >= 4 is 34.8 Å². The van der Waals surface area contributed by atoms with Gasteiger partial charge in [-0.25, -0.2) is 4.79 Å². The largest absolute Gasteiger partial charge is 0.457 e. The molecule has 1 aromatic heterocycles. The number of thiazole rings is 1. The van der Waals surface area contributed by atoms with Crippen LogP contribution in [0.3, 0.4) is 0 Å². The van der Waals surface area contributed by atoms with Gasteiger partial charge in [-0.3, -0.25) is 9.36 Å². The van der Waals surface area contributed by atoms with E-state index in [0.29, 0.717) is 16.8 Å². The summed E-state index contributed by atoms with van der Waals surface area (Å²) in [7, 11) is 0. The molecule has 0 bridgehead atoms. The maximum Gasteiger partial charge on any atom is 0.352 e. The van der Waals surface area contributed by atoms with Crippen molar-refractivity contribution in [3.05, 3.63) is 62.0 Å². The van der Waals surface area contributed by atoms with Crippen LogP contribution in [0.25, 0.3) is 11.8 Å². The molecule has 2 rings (SSSR count). The third kappa shape index (κ3) is 4.73. The van der Waals surface area contributed by atoms with E-state index in [1.165, 1.54) is 16.8 Å². The Morgan fingerprint density at radius 2 is 2.30 bits per heavy atom. The molecule has 0 fully saturated rings. The number of aromatic nitrogens is 1. The van der Waals surface area contributed by atoms with Crippen LogP contribution in [0, 0.1) is 11.3 Å². The summed E-state index contributed by atoms with van der Waals surface area (Å²) < 4.78 is 6.87. The molecule has 1 aromatic carbocycles. The second-order valence-electron chi connectivity index (χ2n) is 5.34. The van der Waals surface area contributed by atoms with Gasteiger partial charge in [0.15, 0.2) is 5.57 Å². The van der Waals surface area contributed by atoms with Crippen LogP contribution < -0.4 is 20.1 Å². The van der Waals surface area contributed by atoms with Gasteiger partial charge in [-0.1, -0.05) is 24.8 Å². The van der Waals surface area contributed by atoms with Crippen molar-refractivity contribution in [1.82, 2.24) is 4.57 Å². The molecule has 0 saturated carbocycles. The molecule has 0 aliphatic carbocycles. The fourth-order valence-electron chi connectivity index (χ4n) is 2.29. The highest BCUT2D eigenvalue weighted by molar-refractivity contribution is 7.07. The number of aliphatic hydroxyl groups is 1. The zero-order valence-electron chi connectivity index (χ0n) is 14.8. The summed E-state index contributed by atoms with van der Waals surface area (Å²) in [6.45, 7) is 5.41. The van der Waals surface area contributed by atoms with Crippen molar-refractivity contribution in [1.29, 1.82) is 5.26 Å². The standard InChI is InChI=1S/C19H19N3O4S/c1-3-8-26-19(25)15(10-20)18-22(4-2)17(24)16(27-18)11-21-14-7-5-6-13(9-14)12-23/h3,5-7,9,11,21,23H,1,4,8,12H2,2H3/b16-11+,18-15-. The number of carbonyl (C=O) groups is 1. The molecule has 0 aliphatic heterocycles. The van der Waals surface area contributed by atoms with E-state index in [9.17, 15) is 20.0 Å². The molecule has 27 heavy (non-hydrogen) atoms. The fraction of sp³-hybridized carbons (Fsp3) is 0.211. The molecule has 8 heteroatoms. The fourth-order valence-corrected chi connectivity index (χ4v) is 3.37. The highest BCUT2D eigenvalue weighted by Crippen LogP contribution is 2.10. The topological polar surface area (TPSA) is 104 Å². The lowest BCUT2D eigenvalue weighted by atomic mass is 10.2. The lowest BCUT2D eigenvalue weighted by Crippen LogP contribution is -2.32. The van der Waals surface area contributed by atoms with Gasteiger partial charge in [-0.05, 0) is 24.6 Å². The van der Waals surface area contributed by atoms with Gasteiger partial charge in [-0.15, -0.1) is 11.3 Å². The van der Waals surface area contributed by atoms with Crippen molar-refractivity contribution in [2.75, 3.05) is 11.9 Å². The highest BCUT2D eigenvalue weighted by Gasteiger charge is 2.16. The molecule has 0 aliphatic rings. The minimum Gasteiger partial charge on any atom is -0.457 e. The number of aliphatic hydroxyl groups excluding tert-OH is 1. The van der Waals surface area contributed by atoms with Crippen molar-refractivity contribution < 1.29 is 14.6 Å². The molecule has 0 atom stereocenters. The number of ether oxygens (including phenoxy) is 1. The Bertz CT molecular complexity index is 1060. The van der Waals surface area contributed by atoms with Crippen LogP contribution in [-0.2, 0) is 22.7 Å². The predicted molar refractivity (Wildman–Crippen MR) is 104 cm³/mol. The third-order valence-corrected chi connectivity index (χ3v) is 4.70. The van der Waals surface area contributed by atoms with Crippen molar-refractivity contribution in [3.63, 3.8) is 0 Å². The maximum absolute atomic E-state index is 12.6. The van der Waals surface area contributed by atoms with Crippen LogP contribution in [0.4, 0.5) is 5.69 Å². The van der Waals surface area contributed by atoms with E-state index < -0.39 is 5.97 Å². The maximum atomic E-state index is 12.6. The normalized spacial score (nSPS) is 12.3. The Labute approximate surface area is 159 Å². The number of esters is 1. The van der Waals surface area contributed by atoms with Gasteiger partial charge >= 0.3 is 5.97 Å². The molecule has 2 aromatic rings.